The van der Waals surface area contributed by atoms with Crippen molar-refractivity contribution in [2.45, 2.75) is 57.6 Å². The van der Waals surface area contributed by atoms with E-state index in [4.69, 9.17) is 14.2 Å². The first kappa shape index (κ1) is 30.1. The highest BCUT2D eigenvalue weighted by Gasteiger charge is 2.29. The molecule has 0 saturated carbocycles. The van der Waals surface area contributed by atoms with Crippen LogP contribution in [0.4, 0.5) is 8.78 Å². The van der Waals surface area contributed by atoms with Crippen LogP contribution in [0.25, 0.3) is 17.2 Å². The molecular weight excluding hydrogens is 586 g/mol. The number of piperidine rings is 1. The van der Waals surface area contributed by atoms with Crippen molar-refractivity contribution >= 4 is 23.2 Å². The Balaban J connectivity index is 1.12. The van der Waals surface area contributed by atoms with Gasteiger partial charge in [-0.05, 0) is 56.2 Å². The maximum atomic E-state index is 15.4. The van der Waals surface area contributed by atoms with E-state index < -0.39 is 23.2 Å². The van der Waals surface area contributed by atoms with E-state index in [-0.39, 0.29) is 41.7 Å². The number of ether oxygens (including phenoxy) is 3. The summed E-state index contributed by atoms with van der Waals surface area (Å²) in [7, 11) is 0. The minimum atomic E-state index is -1.34. The van der Waals surface area contributed by atoms with E-state index in [9.17, 15) is 19.6 Å². The number of imidazole rings is 1. The molecule has 1 N–H and O–H groups in total. The third-order valence-corrected chi connectivity index (χ3v) is 7.97. The van der Waals surface area contributed by atoms with Gasteiger partial charge >= 0.3 is 5.97 Å². The Morgan fingerprint density at radius 1 is 1.22 bits per heavy atom. The first-order valence-electron chi connectivity index (χ1n) is 14.6. The fraction of sp³-hybridized carbons (Fsp3) is 0.344. The van der Waals surface area contributed by atoms with E-state index >= 15 is 4.39 Å². The summed E-state index contributed by atoms with van der Waals surface area (Å²) < 4.78 is 47.7. The molecule has 0 bridgehead atoms. The zero-order valence-electron chi connectivity index (χ0n) is 24.4. The summed E-state index contributed by atoms with van der Waals surface area (Å²) in [5.74, 6) is -1.11. The zero-order chi connectivity index (χ0) is 31.5. The van der Waals surface area contributed by atoms with Crippen molar-refractivity contribution < 1.29 is 32.9 Å². The molecule has 4 heterocycles. The van der Waals surface area contributed by atoms with Crippen molar-refractivity contribution in [3.63, 3.8) is 0 Å². The van der Waals surface area contributed by atoms with Gasteiger partial charge in [0.2, 0.25) is 5.88 Å². The summed E-state index contributed by atoms with van der Waals surface area (Å²) in [6, 6.07) is 10.1. The summed E-state index contributed by atoms with van der Waals surface area (Å²) in [4.78, 5) is 27.2. The Kier molecular flexibility index (Phi) is 8.68. The van der Waals surface area contributed by atoms with Gasteiger partial charge in [0, 0.05) is 37.5 Å². The highest BCUT2D eigenvalue weighted by atomic mass is 19.1. The molecule has 0 amide bonds. The first-order valence-corrected chi connectivity index (χ1v) is 14.6. The molecule has 0 radical (unpaired) electrons. The molecule has 0 aliphatic carbocycles. The Bertz CT molecular complexity index is 1800. The molecule has 11 nitrogen and oxygen atoms in total. The predicted molar refractivity (Wildman–Crippen MR) is 157 cm³/mol. The van der Waals surface area contributed by atoms with Crippen LogP contribution in [0.2, 0.25) is 0 Å². The van der Waals surface area contributed by atoms with Gasteiger partial charge in [-0.3, -0.25) is 9.47 Å². The Morgan fingerprint density at radius 3 is 2.80 bits per heavy atom. The molecule has 45 heavy (non-hydrogen) atoms. The molecule has 13 heteroatoms. The topological polar surface area (TPSA) is 136 Å². The number of aromatic carboxylic acids is 1. The third-order valence-electron chi connectivity index (χ3n) is 7.97. The predicted octanol–water partition coefficient (Wildman–Crippen LogP) is 4.94. The number of aromatic nitrogens is 4. The van der Waals surface area contributed by atoms with Gasteiger partial charge in [0.25, 0.3) is 0 Å². The van der Waals surface area contributed by atoms with Gasteiger partial charge in [0.15, 0.2) is 11.6 Å². The van der Waals surface area contributed by atoms with Crippen LogP contribution in [0, 0.1) is 23.0 Å². The molecule has 2 aromatic carbocycles. The second kappa shape index (κ2) is 13.0. The number of nitrogens with zero attached hydrogens (tertiary/aromatic N) is 6. The number of rotatable bonds is 10. The van der Waals surface area contributed by atoms with Gasteiger partial charge in [-0.2, -0.15) is 10.2 Å². The zero-order valence-corrected chi connectivity index (χ0v) is 24.4. The smallest absolute Gasteiger partial charge is 0.338 e. The second-order valence-electron chi connectivity index (χ2n) is 11.0. The largest absolute Gasteiger partial charge is 0.484 e. The molecule has 2 aliphatic heterocycles. The average molecular weight is 617 g/mol. The lowest BCUT2D eigenvalue weighted by molar-refractivity contribution is -0.0181. The van der Waals surface area contributed by atoms with Crippen LogP contribution in [0.3, 0.4) is 0 Å². The SMILES string of the molecule is C[C@H]1C[C@@H](Oc2ccnc(COc3ccc(F)cc3C#N)n2)CCN1Cc1nc2ccc(C(=O)O)c(F)c2n1/C=C\C1CCO1. The highest BCUT2D eigenvalue weighted by molar-refractivity contribution is 5.93. The minimum Gasteiger partial charge on any atom is -0.484 e. The lowest BCUT2D eigenvalue weighted by Gasteiger charge is -2.37. The van der Waals surface area contributed by atoms with Crippen molar-refractivity contribution in [3.8, 4) is 17.7 Å². The standard InChI is InChI=1S/C32H30F2N6O5/c1-19-14-23(45-29-6-10-36-27(38-29)18-44-26-5-2-21(33)15-20(26)16-35)7-11-39(19)17-28-37-25-4-3-24(32(41)42)30(34)31(25)40(28)12-8-22-9-13-43-22/h2-6,8,10,12,15,19,22-23H,7,9,11,13-14,17-18H2,1H3,(H,41,42)/b12-8-/t19-,22?,23-/m0/s1. The van der Waals surface area contributed by atoms with Crippen LogP contribution in [-0.2, 0) is 17.9 Å². The van der Waals surface area contributed by atoms with Crippen molar-refractivity contribution in [2.24, 2.45) is 0 Å². The van der Waals surface area contributed by atoms with E-state index in [2.05, 4.69) is 26.8 Å². The molecule has 2 aliphatic rings. The van der Waals surface area contributed by atoms with E-state index in [1.807, 2.05) is 12.1 Å². The second-order valence-corrected chi connectivity index (χ2v) is 11.0. The molecular formula is C32H30F2N6O5. The first-order chi connectivity index (χ1) is 21.8. The summed E-state index contributed by atoms with van der Waals surface area (Å²) in [5.41, 5.74) is 0.177. The molecule has 4 aromatic rings. The number of hydrogen-bond acceptors (Lipinski definition) is 9. The summed E-state index contributed by atoms with van der Waals surface area (Å²) in [6.45, 7) is 3.82. The molecule has 6 rings (SSSR count). The molecule has 2 saturated heterocycles. The summed E-state index contributed by atoms with van der Waals surface area (Å²) >= 11 is 0. The van der Waals surface area contributed by atoms with Crippen LogP contribution in [0.15, 0.2) is 48.7 Å². The molecule has 1 unspecified atom stereocenters. The van der Waals surface area contributed by atoms with Gasteiger partial charge in [-0.1, -0.05) is 0 Å². The molecule has 232 valence electrons. The Labute approximate surface area is 257 Å². The lowest BCUT2D eigenvalue weighted by Crippen LogP contribution is -2.44. The van der Waals surface area contributed by atoms with Gasteiger partial charge in [-0.25, -0.2) is 23.5 Å². The number of hydrogen-bond donors (Lipinski definition) is 1. The maximum absolute atomic E-state index is 15.4. The number of halogens is 2. The third kappa shape index (κ3) is 6.62. The van der Waals surface area contributed by atoms with Crippen LogP contribution in [0.5, 0.6) is 11.6 Å². The molecule has 2 aromatic heterocycles. The average Bonchev–Trinajstić information content (AvgIpc) is 3.35. The van der Waals surface area contributed by atoms with Crippen LogP contribution in [-0.4, -0.2) is 66.9 Å². The molecule has 0 spiro atoms. The molecule has 3 atom stereocenters. The van der Waals surface area contributed by atoms with E-state index in [1.54, 1.807) is 23.0 Å². The van der Waals surface area contributed by atoms with Crippen LogP contribution in [0.1, 0.15) is 53.8 Å². The molecule has 2 fully saturated rings. The quantitative estimate of drug-likeness (QED) is 0.261. The number of carbonyl (C=O) groups is 1. The summed E-state index contributed by atoms with van der Waals surface area (Å²) in [6.07, 6.45) is 7.20. The van der Waals surface area contributed by atoms with E-state index in [0.717, 1.165) is 12.5 Å². The number of nitriles is 1. The van der Waals surface area contributed by atoms with Gasteiger partial charge in [0.1, 0.15) is 41.7 Å². The van der Waals surface area contributed by atoms with E-state index in [0.29, 0.717) is 55.6 Å². The van der Waals surface area contributed by atoms with Crippen molar-refractivity contribution in [1.82, 2.24) is 24.4 Å². The number of benzene rings is 2. The lowest BCUT2D eigenvalue weighted by atomic mass is 10.0. The fourth-order valence-electron chi connectivity index (χ4n) is 5.47. The monoisotopic (exact) mass is 616 g/mol. The van der Waals surface area contributed by atoms with Crippen molar-refractivity contribution in [1.29, 1.82) is 5.26 Å². The summed E-state index contributed by atoms with van der Waals surface area (Å²) in [5, 5.41) is 18.7. The van der Waals surface area contributed by atoms with Gasteiger partial charge in [0.05, 0.1) is 35.9 Å². The van der Waals surface area contributed by atoms with E-state index in [1.165, 1.54) is 24.3 Å². The van der Waals surface area contributed by atoms with Gasteiger partial charge in [-0.15, -0.1) is 0 Å². The minimum absolute atomic E-state index is 0.0246. The van der Waals surface area contributed by atoms with Gasteiger partial charge < -0.3 is 19.3 Å². The number of carboxylic acid groups (broad SMARTS) is 1. The highest BCUT2D eigenvalue weighted by Crippen LogP contribution is 2.28. The van der Waals surface area contributed by atoms with Crippen molar-refractivity contribution in [2.75, 3.05) is 13.2 Å². The normalized spacial score (nSPS) is 20.2. The number of likely N-dealkylation sites (tertiary alicyclic amines) is 1. The maximum Gasteiger partial charge on any atom is 0.338 e. The Morgan fingerprint density at radius 2 is 2.07 bits per heavy atom. The van der Waals surface area contributed by atoms with Crippen molar-refractivity contribution in [3.05, 3.63) is 83.1 Å². The van der Waals surface area contributed by atoms with Crippen LogP contribution < -0.4 is 9.47 Å². The Hall–Kier alpha value is -4.93. The fourth-order valence-corrected chi connectivity index (χ4v) is 5.47. The number of carboxylic acids is 1. The number of fused-ring (bicyclic) bond motifs is 1. The van der Waals surface area contributed by atoms with Crippen LogP contribution >= 0.6 is 0 Å².